The molecule has 0 spiro atoms. The summed E-state index contributed by atoms with van der Waals surface area (Å²) in [6, 6.07) is 0. The van der Waals surface area contributed by atoms with Crippen LogP contribution in [0.25, 0.3) is 10.8 Å². The second-order valence-electron chi connectivity index (χ2n) is 2.87. The number of thiazole rings is 1. The van der Waals surface area contributed by atoms with Crippen LogP contribution in [-0.4, -0.2) is 15.0 Å². The van der Waals surface area contributed by atoms with Crippen LogP contribution in [0.2, 0.25) is 0 Å². The molecule has 0 fully saturated rings. The third kappa shape index (κ3) is 2.00. The summed E-state index contributed by atoms with van der Waals surface area (Å²) in [6.45, 7) is 1.96. The summed E-state index contributed by atoms with van der Waals surface area (Å²) in [7, 11) is 0. The first-order chi connectivity index (χ1) is 7.22. The van der Waals surface area contributed by atoms with Gasteiger partial charge in [-0.25, -0.2) is 9.97 Å². The molecule has 15 heavy (non-hydrogen) atoms. The van der Waals surface area contributed by atoms with Crippen molar-refractivity contribution >= 4 is 27.3 Å². The van der Waals surface area contributed by atoms with Gasteiger partial charge >= 0.3 is 0 Å². The first-order valence-corrected chi connectivity index (χ1v) is 6.08. The van der Waals surface area contributed by atoms with Crippen molar-refractivity contribution in [3.8, 4) is 10.8 Å². The topological polar surface area (TPSA) is 58.6 Å². The Bertz CT molecular complexity index is 521. The summed E-state index contributed by atoms with van der Waals surface area (Å²) in [5, 5.41) is 2.58. The molecule has 0 saturated heterocycles. The van der Waals surface area contributed by atoms with Gasteiger partial charge in [-0.15, -0.1) is 11.3 Å². The highest BCUT2D eigenvalue weighted by Crippen LogP contribution is 2.18. The highest BCUT2D eigenvalue weighted by molar-refractivity contribution is 9.10. The van der Waals surface area contributed by atoms with Gasteiger partial charge in [0.1, 0.15) is 4.47 Å². The van der Waals surface area contributed by atoms with Crippen molar-refractivity contribution < 1.29 is 0 Å². The molecule has 0 amide bonds. The molecule has 0 atom stereocenters. The number of hydrogen-bond donors (Lipinski definition) is 1. The fraction of sp³-hybridized carbons (Fsp3) is 0.222. The van der Waals surface area contributed by atoms with Crippen LogP contribution in [0, 0.1) is 0 Å². The van der Waals surface area contributed by atoms with Gasteiger partial charge in [0.05, 0.1) is 5.69 Å². The van der Waals surface area contributed by atoms with Crippen molar-refractivity contribution in [1.82, 2.24) is 15.0 Å². The first-order valence-electron chi connectivity index (χ1n) is 4.41. The summed E-state index contributed by atoms with van der Waals surface area (Å²) >= 11 is 4.67. The molecule has 6 heteroatoms. The van der Waals surface area contributed by atoms with Crippen LogP contribution in [-0.2, 0) is 6.42 Å². The molecule has 0 bridgehead atoms. The molecule has 2 aromatic heterocycles. The Hall–Kier alpha value is -1.01. The van der Waals surface area contributed by atoms with Crippen LogP contribution < -0.4 is 5.56 Å². The van der Waals surface area contributed by atoms with E-state index in [1.807, 2.05) is 12.3 Å². The van der Waals surface area contributed by atoms with Gasteiger partial charge in [-0.2, -0.15) is 0 Å². The molecule has 0 radical (unpaired) electrons. The van der Waals surface area contributed by atoms with Gasteiger partial charge in [-0.3, -0.25) is 4.79 Å². The zero-order valence-electron chi connectivity index (χ0n) is 7.95. The van der Waals surface area contributed by atoms with Crippen molar-refractivity contribution in [3.05, 3.63) is 32.1 Å². The maximum atomic E-state index is 11.5. The minimum atomic E-state index is -0.160. The lowest BCUT2D eigenvalue weighted by atomic mass is 10.3. The van der Waals surface area contributed by atoms with Crippen LogP contribution in [0.4, 0.5) is 0 Å². The van der Waals surface area contributed by atoms with Crippen LogP contribution in [0.3, 0.4) is 0 Å². The Kier molecular flexibility index (Phi) is 2.97. The Morgan fingerprint density at radius 1 is 1.60 bits per heavy atom. The van der Waals surface area contributed by atoms with E-state index in [-0.39, 0.29) is 5.56 Å². The van der Waals surface area contributed by atoms with Gasteiger partial charge in [-0.05, 0) is 22.4 Å². The van der Waals surface area contributed by atoms with E-state index in [2.05, 4.69) is 30.9 Å². The van der Waals surface area contributed by atoms with Crippen LogP contribution in [0.15, 0.2) is 20.8 Å². The molecule has 0 aromatic carbocycles. The second-order valence-corrected chi connectivity index (χ2v) is 4.55. The van der Waals surface area contributed by atoms with E-state index in [9.17, 15) is 4.79 Å². The lowest BCUT2D eigenvalue weighted by Gasteiger charge is -2.01. The van der Waals surface area contributed by atoms with Gasteiger partial charge in [0.25, 0.3) is 5.56 Å². The number of aromatic amines is 1. The Morgan fingerprint density at radius 3 is 3.00 bits per heavy atom. The van der Waals surface area contributed by atoms with Crippen molar-refractivity contribution in [3.63, 3.8) is 0 Å². The van der Waals surface area contributed by atoms with Gasteiger partial charge < -0.3 is 4.98 Å². The predicted molar refractivity (Wildman–Crippen MR) is 63.0 cm³/mol. The molecular formula is C9H8BrN3OS. The number of nitrogens with zero attached hydrogens (tertiary/aromatic N) is 2. The number of H-pyrrole nitrogens is 1. The Labute approximate surface area is 98.5 Å². The van der Waals surface area contributed by atoms with E-state index in [1.54, 1.807) is 6.20 Å². The van der Waals surface area contributed by atoms with Gasteiger partial charge in [0.15, 0.2) is 10.8 Å². The molecule has 0 saturated carbocycles. The third-order valence-corrected chi connectivity index (χ3v) is 3.50. The summed E-state index contributed by atoms with van der Waals surface area (Å²) in [4.78, 5) is 22.7. The maximum absolute atomic E-state index is 11.5. The van der Waals surface area contributed by atoms with E-state index in [0.29, 0.717) is 16.7 Å². The summed E-state index contributed by atoms with van der Waals surface area (Å²) in [5.74, 6) is 0.537. The largest absolute Gasteiger partial charge is 0.304 e. The lowest BCUT2D eigenvalue weighted by Crippen LogP contribution is -2.13. The Balaban J connectivity index is 2.61. The fourth-order valence-electron chi connectivity index (χ4n) is 1.18. The zero-order chi connectivity index (χ0) is 10.8. The number of aryl methyl sites for hydroxylation is 1. The lowest BCUT2D eigenvalue weighted by molar-refractivity contribution is 0.968. The van der Waals surface area contributed by atoms with E-state index in [0.717, 1.165) is 10.7 Å². The van der Waals surface area contributed by atoms with Gasteiger partial charge in [0.2, 0.25) is 0 Å². The van der Waals surface area contributed by atoms with E-state index >= 15 is 0 Å². The Morgan fingerprint density at radius 2 is 2.40 bits per heavy atom. The van der Waals surface area contributed by atoms with Crippen LogP contribution in [0.5, 0.6) is 0 Å². The van der Waals surface area contributed by atoms with Crippen molar-refractivity contribution in [2.45, 2.75) is 13.3 Å². The van der Waals surface area contributed by atoms with E-state index < -0.39 is 0 Å². The standard InChI is InChI=1S/C9H8BrN3OS/c1-2-5-6(10)8(14)13-7(12-5)9-11-3-4-15-9/h3-4H,2H2,1H3,(H,12,13,14). The molecule has 0 unspecified atom stereocenters. The number of hydrogen-bond acceptors (Lipinski definition) is 4. The van der Waals surface area contributed by atoms with E-state index in [1.165, 1.54) is 11.3 Å². The highest BCUT2D eigenvalue weighted by atomic mass is 79.9. The summed E-state index contributed by atoms with van der Waals surface area (Å²) in [6.07, 6.45) is 2.40. The highest BCUT2D eigenvalue weighted by Gasteiger charge is 2.09. The molecule has 4 nitrogen and oxygen atoms in total. The third-order valence-electron chi connectivity index (χ3n) is 1.90. The molecule has 2 heterocycles. The van der Waals surface area contributed by atoms with Crippen molar-refractivity contribution in [1.29, 1.82) is 0 Å². The second kappa shape index (κ2) is 4.24. The van der Waals surface area contributed by atoms with Crippen LogP contribution >= 0.6 is 27.3 Å². The molecule has 1 N–H and O–H groups in total. The number of aromatic nitrogens is 3. The predicted octanol–water partition coefficient (Wildman–Crippen LogP) is 2.22. The van der Waals surface area contributed by atoms with Crippen molar-refractivity contribution in [2.24, 2.45) is 0 Å². The average molecular weight is 286 g/mol. The average Bonchev–Trinajstić information content (AvgIpc) is 2.75. The monoisotopic (exact) mass is 285 g/mol. The number of nitrogens with one attached hydrogen (secondary N) is 1. The molecule has 2 aromatic rings. The minimum absolute atomic E-state index is 0.160. The van der Waals surface area contributed by atoms with Crippen molar-refractivity contribution in [2.75, 3.05) is 0 Å². The molecule has 78 valence electrons. The maximum Gasteiger partial charge on any atom is 0.265 e. The van der Waals surface area contributed by atoms with E-state index in [4.69, 9.17) is 0 Å². The smallest absolute Gasteiger partial charge is 0.265 e. The molecule has 0 aliphatic carbocycles. The van der Waals surface area contributed by atoms with Gasteiger partial charge in [-0.1, -0.05) is 6.92 Å². The molecular weight excluding hydrogens is 278 g/mol. The van der Waals surface area contributed by atoms with Crippen LogP contribution in [0.1, 0.15) is 12.6 Å². The molecule has 0 aliphatic rings. The van der Waals surface area contributed by atoms with Gasteiger partial charge in [0, 0.05) is 11.6 Å². The minimum Gasteiger partial charge on any atom is -0.304 e. The molecule has 0 aliphatic heterocycles. The summed E-state index contributed by atoms with van der Waals surface area (Å²) < 4.78 is 0.505. The number of rotatable bonds is 2. The zero-order valence-corrected chi connectivity index (χ0v) is 10.4. The first kappa shape index (κ1) is 10.5. The SMILES string of the molecule is CCc1nc(-c2nccs2)[nH]c(=O)c1Br. The summed E-state index contributed by atoms with van der Waals surface area (Å²) in [5.41, 5.74) is 0.594. The fourth-order valence-corrected chi connectivity index (χ4v) is 2.23. The molecule has 2 rings (SSSR count). The normalized spacial score (nSPS) is 10.5. The number of halogens is 1. The quantitative estimate of drug-likeness (QED) is 0.920.